The Bertz CT molecular complexity index is 512. The molecular weight excluding hydrogens is 234 g/mol. The van der Waals surface area contributed by atoms with E-state index in [1.54, 1.807) is 12.5 Å². The van der Waals surface area contributed by atoms with Crippen molar-refractivity contribution in [3.05, 3.63) is 36.8 Å². The number of nitrogens with one attached hydrogen (secondary N) is 1. The van der Waals surface area contributed by atoms with E-state index in [-0.39, 0.29) is 5.69 Å². The summed E-state index contributed by atoms with van der Waals surface area (Å²) < 4.78 is 1.95. The van der Waals surface area contributed by atoms with E-state index in [1.807, 2.05) is 10.8 Å². The summed E-state index contributed by atoms with van der Waals surface area (Å²) >= 11 is 0. The summed E-state index contributed by atoms with van der Waals surface area (Å²) in [5.74, 6) is -0.782. The smallest absolute Gasteiger partial charge is 0.358 e. The summed E-state index contributed by atoms with van der Waals surface area (Å²) in [6, 6.07) is 0. The van der Waals surface area contributed by atoms with Crippen LogP contribution < -0.4 is 5.32 Å². The summed E-state index contributed by atoms with van der Waals surface area (Å²) in [4.78, 5) is 22.6. The number of aryl methyl sites for hydroxylation is 1. The number of imidazole rings is 1. The fourth-order valence-electron chi connectivity index (χ4n) is 1.51. The van der Waals surface area contributed by atoms with Crippen LogP contribution in [0, 0.1) is 0 Å². The third kappa shape index (κ3) is 3.03. The van der Waals surface area contributed by atoms with E-state index in [0.717, 1.165) is 13.0 Å². The Hall–Kier alpha value is -2.44. The zero-order chi connectivity index (χ0) is 12.8. The van der Waals surface area contributed by atoms with Gasteiger partial charge >= 0.3 is 5.97 Å². The Labute approximate surface area is 104 Å². The van der Waals surface area contributed by atoms with Gasteiger partial charge in [0.2, 0.25) is 0 Å². The van der Waals surface area contributed by atoms with E-state index in [2.05, 4.69) is 20.3 Å². The van der Waals surface area contributed by atoms with Gasteiger partial charge < -0.3 is 15.0 Å². The van der Waals surface area contributed by atoms with Crippen LogP contribution in [0.5, 0.6) is 0 Å². The molecule has 0 amide bonds. The number of aromatic carboxylic acids is 1. The van der Waals surface area contributed by atoms with E-state index >= 15 is 0 Å². The van der Waals surface area contributed by atoms with Crippen molar-refractivity contribution in [2.24, 2.45) is 0 Å². The Kier molecular flexibility index (Phi) is 3.85. The highest BCUT2D eigenvalue weighted by atomic mass is 16.4. The van der Waals surface area contributed by atoms with Gasteiger partial charge in [-0.1, -0.05) is 0 Å². The highest BCUT2D eigenvalue weighted by molar-refractivity contribution is 5.90. The molecule has 0 radical (unpaired) electrons. The second-order valence-electron chi connectivity index (χ2n) is 3.64. The van der Waals surface area contributed by atoms with Gasteiger partial charge in [-0.15, -0.1) is 0 Å². The molecule has 0 aromatic carbocycles. The molecule has 7 heteroatoms. The standard InChI is InChI=1S/C11H13N5O2/c17-11(18)9-10(15-4-3-13-9)14-2-1-6-16-7-5-12-8-16/h3-5,7-8H,1-2,6H2,(H,14,15)(H,17,18). The lowest BCUT2D eigenvalue weighted by molar-refractivity contribution is 0.0691. The summed E-state index contributed by atoms with van der Waals surface area (Å²) in [7, 11) is 0. The van der Waals surface area contributed by atoms with Crippen LogP contribution in [0.1, 0.15) is 16.9 Å². The predicted molar refractivity (Wildman–Crippen MR) is 64.3 cm³/mol. The maximum absolute atomic E-state index is 10.9. The largest absolute Gasteiger partial charge is 0.476 e. The second kappa shape index (κ2) is 5.76. The Morgan fingerprint density at radius 1 is 1.33 bits per heavy atom. The molecular formula is C11H13N5O2. The van der Waals surface area contributed by atoms with Crippen LogP contribution in [0.4, 0.5) is 5.82 Å². The van der Waals surface area contributed by atoms with Gasteiger partial charge in [-0.3, -0.25) is 0 Å². The Morgan fingerprint density at radius 3 is 2.89 bits per heavy atom. The monoisotopic (exact) mass is 247 g/mol. The van der Waals surface area contributed by atoms with Gasteiger partial charge in [0.25, 0.3) is 0 Å². The Morgan fingerprint density at radius 2 is 2.17 bits per heavy atom. The SMILES string of the molecule is O=C(O)c1nccnc1NCCCn1ccnc1. The zero-order valence-electron chi connectivity index (χ0n) is 9.65. The quantitative estimate of drug-likeness (QED) is 0.736. The number of hydrogen-bond donors (Lipinski definition) is 2. The van der Waals surface area contributed by atoms with Crippen molar-refractivity contribution in [2.75, 3.05) is 11.9 Å². The molecule has 2 aromatic heterocycles. The molecule has 0 fully saturated rings. The average molecular weight is 247 g/mol. The first-order valence-electron chi connectivity index (χ1n) is 5.51. The van der Waals surface area contributed by atoms with E-state index in [1.165, 1.54) is 12.4 Å². The maximum Gasteiger partial charge on any atom is 0.358 e. The lowest BCUT2D eigenvalue weighted by Crippen LogP contribution is -2.12. The van der Waals surface area contributed by atoms with E-state index in [9.17, 15) is 4.79 Å². The molecule has 7 nitrogen and oxygen atoms in total. The van der Waals surface area contributed by atoms with Gasteiger partial charge in [-0.25, -0.2) is 19.7 Å². The fraction of sp³-hybridized carbons (Fsp3) is 0.273. The van der Waals surface area contributed by atoms with Crippen molar-refractivity contribution in [2.45, 2.75) is 13.0 Å². The second-order valence-corrected chi connectivity index (χ2v) is 3.64. The molecule has 0 spiro atoms. The third-order valence-electron chi connectivity index (χ3n) is 2.35. The number of carboxylic acid groups (broad SMARTS) is 1. The van der Waals surface area contributed by atoms with Crippen molar-refractivity contribution in [3.8, 4) is 0 Å². The molecule has 0 aliphatic carbocycles. The average Bonchev–Trinajstić information content (AvgIpc) is 2.88. The van der Waals surface area contributed by atoms with Gasteiger partial charge in [0, 0.05) is 37.9 Å². The molecule has 0 aliphatic rings. The fourth-order valence-corrected chi connectivity index (χ4v) is 1.51. The lowest BCUT2D eigenvalue weighted by atomic mass is 10.3. The summed E-state index contributed by atoms with van der Waals surface area (Å²) in [5.41, 5.74) is -0.0554. The lowest BCUT2D eigenvalue weighted by Gasteiger charge is -2.07. The van der Waals surface area contributed by atoms with Crippen molar-refractivity contribution in [3.63, 3.8) is 0 Å². The van der Waals surface area contributed by atoms with Crippen LogP contribution in [0.15, 0.2) is 31.1 Å². The van der Waals surface area contributed by atoms with Crippen molar-refractivity contribution < 1.29 is 9.90 Å². The first-order valence-corrected chi connectivity index (χ1v) is 5.51. The summed E-state index contributed by atoms with van der Waals surface area (Å²) in [6.45, 7) is 1.44. The molecule has 0 bridgehead atoms. The molecule has 0 aliphatic heterocycles. The van der Waals surface area contributed by atoms with Crippen LogP contribution in [-0.4, -0.2) is 37.1 Å². The van der Waals surface area contributed by atoms with Crippen LogP contribution in [0.25, 0.3) is 0 Å². The topological polar surface area (TPSA) is 92.9 Å². The highest BCUT2D eigenvalue weighted by Gasteiger charge is 2.11. The van der Waals surface area contributed by atoms with E-state index in [4.69, 9.17) is 5.11 Å². The summed E-state index contributed by atoms with van der Waals surface area (Å²) in [6.07, 6.45) is 9.01. The van der Waals surface area contributed by atoms with E-state index in [0.29, 0.717) is 12.4 Å². The van der Waals surface area contributed by atoms with Crippen molar-refractivity contribution in [1.29, 1.82) is 0 Å². The minimum Gasteiger partial charge on any atom is -0.476 e. The highest BCUT2D eigenvalue weighted by Crippen LogP contribution is 2.07. The molecule has 2 heterocycles. The first kappa shape index (κ1) is 12.0. The zero-order valence-corrected chi connectivity index (χ0v) is 9.65. The normalized spacial score (nSPS) is 10.2. The van der Waals surface area contributed by atoms with Gasteiger partial charge in [0.05, 0.1) is 6.33 Å². The van der Waals surface area contributed by atoms with Crippen LogP contribution in [0.3, 0.4) is 0 Å². The van der Waals surface area contributed by atoms with Crippen LogP contribution in [-0.2, 0) is 6.54 Å². The van der Waals surface area contributed by atoms with Crippen LogP contribution in [0.2, 0.25) is 0 Å². The minimum absolute atomic E-state index is 0.0554. The third-order valence-corrected chi connectivity index (χ3v) is 2.35. The van der Waals surface area contributed by atoms with Crippen LogP contribution >= 0.6 is 0 Å². The van der Waals surface area contributed by atoms with Gasteiger partial charge in [0.15, 0.2) is 11.5 Å². The molecule has 0 unspecified atom stereocenters. The van der Waals surface area contributed by atoms with Gasteiger partial charge in [0.1, 0.15) is 0 Å². The molecule has 0 saturated carbocycles. The molecule has 0 saturated heterocycles. The molecule has 2 aromatic rings. The molecule has 18 heavy (non-hydrogen) atoms. The number of rotatable bonds is 6. The Balaban J connectivity index is 1.85. The number of anilines is 1. The number of nitrogens with zero attached hydrogens (tertiary/aromatic N) is 4. The first-order chi connectivity index (χ1) is 8.77. The molecule has 94 valence electrons. The predicted octanol–water partition coefficient (Wildman–Crippen LogP) is 0.873. The minimum atomic E-state index is -1.08. The molecule has 2 rings (SSSR count). The number of hydrogen-bond acceptors (Lipinski definition) is 5. The van der Waals surface area contributed by atoms with E-state index < -0.39 is 5.97 Å². The number of carbonyl (C=O) groups is 1. The summed E-state index contributed by atoms with van der Waals surface area (Å²) in [5, 5.41) is 11.9. The van der Waals surface area contributed by atoms with Crippen molar-refractivity contribution in [1.82, 2.24) is 19.5 Å². The maximum atomic E-state index is 10.9. The number of carboxylic acids is 1. The molecule has 2 N–H and O–H groups in total. The molecule has 0 atom stereocenters. The number of aromatic nitrogens is 4. The van der Waals surface area contributed by atoms with Gasteiger partial charge in [-0.2, -0.15) is 0 Å². The van der Waals surface area contributed by atoms with Crippen molar-refractivity contribution >= 4 is 11.8 Å². The van der Waals surface area contributed by atoms with Gasteiger partial charge in [-0.05, 0) is 6.42 Å².